The highest BCUT2D eigenvalue weighted by atomic mass is 28.4. The first kappa shape index (κ1) is 25.9. The lowest BCUT2D eigenvalue weighted by Gasteiger charge is -2.36. The van der Waals surface area contributed by atoms with E-state index in [-0.39, 0.29) is 17.4 Å². The van der Waals surface area contributed by atoms with Gasteiger partial charge in [0.25, 0.3) is 0 Å². The summed E-state index contributed by atoms with van der Waals surface area (Å²) < 4.78 is 22.0. The lowest BCUT2D eigenvalue weighted by Crippen LogP contribution is -2.43. The van der Waals surface area contributed by atoms with Crippen LogP contribution in [-0.4, -0.2) is 52.0 Å². The zero-order valence-corrected chi connectivity index (χ0v) is 23.1. The summed E-state index contributed by atoms with van der Waals surface area (Å²) in [5.74, 6) is 0.876. The first-order valence-corrected chi connectivity index (χ1v) is 15.5. The molecule has 2 unspecified atom stereocenters. The van der Waals surface area contributed by atoms with Gasteiger partial charge in [-0.25, -0.2) is 4.68 Å². The molecular formula is C26H40N4O4Si. The van der Waals surface area contributed by atoms with Crippen molar-refractivity contribution in [3.8, 4) is 17.0 Å². The summed E-state index contributed by atoms with van der Waals surface area (Å²) in [6.45, 7) is 16.1. The van der Waals surface area contributed by atoms with Gasteiger partial charge in [0.05, 0.1) is 24.4 Å². The molecule has 9 heteroatoms. The average molecular weight is 501 g/mol. The van der Waals surface area contributed by atoms with Crippen LogP contribution >= 0.6 is 0 Å². The van der Waals surface area contributed by atoms with Crippen molar-refractivity contribution in [3.05, 3.63) is 30.6 Å². The predicted octanol–water partition coefficient (Wildman–Crippen LogP) is 5.73. The third kappa shape index (κ3) is 5.80. The fourth-order valence-corrected chi connectivity index (χ4v) is 5.23. The van der Waals surface area contributed by atoms with E-state index in [2.05, 4.69) is 57.2 Å². The Morgan fingerprint density at radius 2 is 2.00 bits per heavy atom. The molecule has 8 nitrogen and oxygen atoms in total. The van der Waals surface area contributed by atoms with Gasteiger partial charge in [-0.15, -0.1) is 0 Å². The largest absolute Gasteiger partial charge is 0.543 e. The van der Waals surface area contributed by atoms with E-state index < -0.39 is 14.6 Å². The monoisotopic (exact) mass is 500 g/mol. The molecule has 0 amide bonds. The highest BCUT2D eigenvalue weighted by Crippen LogP contribution is 2.39. The van der Waals surface area contributed by atoms with Crippen molar-refractivity contribution in [1.82, 2.24) is 19.6 Å². The van der Waals surface area contributed by atoms with Crippen molar-refractivity contribution in [2.75, 3.05) is 6.61 Å². The van der Waals surface area contributed by atoms with Crippen LogP contribution in [0.4, 0.5) is 0 Å². The second-order valence-corrected chi connectivity index (χ2v) is 15.9. The predicted molar refractivity (Wildman–Crippen MR) is 140 cm³/mol. The molecule has 192 valence electrons. The maximum absolute atomic E-state index is 9.50. The third-order valence-electron chi connectivity index (χ3n) is 7.07. The maximum atomic E-state index is 9.50. The van der Waals surface area contributed by atoms with Crippen LogP contribution < -0.4 is 4.43 Å². The van der Waals surface area contributed by atoms with Crippen LogP contribution in [-0.2, 0) is 16.0 Å². The molecule has 3 aromatic rings. The number of fused-ring (bicyclic) bond motifs is 1. The van der Waals surface area contributed by atoms with Crippen LogP contribution in [0.25, 0.3) is 22.2 Å². The Hall–Kier alpha value is -2.20. The van der Waals surface area contributed by atoms with Gasteiger partial charge in [0.15, 0.2) is 12.5 Å². The molecule has 2 aromatic heterocycles. The van der Waals surface area contributed by atoms with Crippen LogP contribution in [0.2, 0.25) is 18.1 Å². The van der Waals surface area contributed by atoms with E-state index in [1.807, 2.05) is 28.7 Å². The SMILES string of the molecule is CC(O)O[C@H](C)Cn1cc(-c2nn(C3CCCCO3)c3ccc(O[Si](C)(C)C(C)(C)C)cc23)cn1. The number of aromatic nitrogens is 4. The summed E-state index contributed by atoms with van der Waals surface area (Å²) >= 11 is 0. The minimum absolute atomic E-state index is 0.0679. The number of aliphatic hydroxyl groups is 1. The van der Waals surface area contributed by atoms with E-state index in [0.29, 0.717) is 6.54 Å². The summed E-state index contributed by atoms with van der Waals surface area (Å²) in [4.78, 5) is 0. The van der Waals surface area contributed by atoms with Crippen molar-refractivity contribution in [3.63, 3.8) is 0 Å². The van der Waals surface area contributed by atoms with E-state index >= 15 is 0 Å². The third-order valence-corrected chi connectivity index (χ3v) is 11.4. The topological polar surface area (TPSA) is 83.6 Å². The van der Waals surface area contributed by atoms with Crippen LogP contribution in [0.15, 0.2) is 30.6 Å². The van der Waals surface area contributed by atoms with Gasteiger partial charge in [0, 0.05) is 23.8 Å². The Kier molecular flexibility index (Phi) is 7.43. The number of rotatable bonds is 8. The van der Waals surface area contributed by atoms with E-state index in [1.54, 1.807) is 6.92 Å². The quantitative estimate of drug-likeness (QED) is 0.314. The van der Waals surface area contributed by atoms with Crippen LogP contribution in [0, 0.1) is 0 Å². The van der Waals surface area contributed by atoms with Crippen molar-refractivity contribution >= 4 is 19.2 Å². The molecule has 1 aliphatic heterocycles. The molecule has 3 atom stereocenters. The summed E-state index contributed by atoms with van der Waals surface area (Å²) in [6.07, 6.45) is 5.95. The molecule has 3 heterocycles. The number of hydrogen-bond acceptors (Lipinski definition) is 6. The van der Waals surface area contributed by atoms with E-state index in [9.17, 15) is 5.11 Å². The first-order chi connectivity index (χ1) is 16.4. The number of ether oxygens (including phenoxy) is 2. The van der Waals surface area contributed by atoms with Gasteiger partial charge in [-0.2, -0.15) is 10.2 Å². The molecule has 0 saturated carbocycles. The molecule has 4 rings (SSSR count). The highest BCUT2D eigenvalue weighted by molar-refractivity contribution is 6.74. The molecule has 0 bridgehead atoms. The second-order valence-electron chi connectivity index (χ2n) is 11.2. The minimum Gasteiger partial charge on any atom is -0.543 e. The number of nitrogens with zero attached hydrogens (tertiary/aromatic N) is 4. The van der Waals surface area contributed by atoms with Gasteiger partial charge in [-0.1, -0.05) is 20.8 Å². The van der Waals surface area contributed by atoms with Crippen LogP contribution in [0.1, 0.15) is 60.1 Å². The molecule has 1 fully saturated rings. The second kappa shape index (κ2) is 10.0. The molecule has 1 saturated heterocycles. The Labute approximate surface area is 209 Å². The van der Waals surface area contributed by atoms with E-state index in [4.69, 9.17) is 19.0 Å². The molecule has 0 spiro atoms. The fourth-order valence-electron chi connectivity index (χ4n) is 4.21. The lowest BCUT2D eigenvalue weighted by molar-refractivity contribution is -0.122. The van der Waals surface area contributed by atoms with Crippen LogP contribution in [0.5, 0.6) is 5.75 Å². The Balaban J connectivity index is 1.72. The molecule has 0 aliphatic carbocycles. The van der Waals surface area contributed by atoms with Crippen molar-refractivity contribution in [1.29, 1.82) is 0 Å². The first-order valence-electron chi connectivity index (χ1n) is 12.6. The van der Waals surface area contributed by atoms with Gasteiger partial charge in [0.2, 0.25) is 8.32 Å². The molecule has 1 aromatic carbocycles. The van der Waals surface area contributed by atoms with E-state index in [1.165, 1.54) is 0 Å². The number of aliphatic hydroxyl groups excluding tert-OH is 1. The van der Waals surface area contributed by atoms with Crippen molar-refractivity contribution < 1.29 is 19.0 Å². The summed E-state index contributed by atoms with van der Waals surface area (Å²) in [5, 5.41) is 20.2. The summed E-state index contributed by atoms with van der Waals surface area (Å²) in [5.41, 5.74) is 2.83. The van der Waals surface area contributed by atoms with Gasteiger partial charge < -0.3 is 19.0 Å². The summed E-state index contributed by atoms with van der Waals surface area (Å²) in [7, 11) is -1.99. The minimum atomic E-state index is -1.99. The van der Waals surface area contributed by atoms with E-state index in [0.717, 1.165) is 53.8 Å². The molecular weight excluding hydrogens is 460 g/mol. The number of benzene rings is 1. The normalized spacial score (nSPS) is 19.1. The van der Waals surface area contributed by atoms with Gasteiger partial charge >= 0.3 is 0 Å². The lowest BCUT2D eigenvalue weighted by atomic mass is 10.1. The van der Waals surface area contributed by atoms with Gasteiger partial charge in [-0.05, 0) is 69.4 Å². The standard InChI is InChI=1S/C26H40N4O4Si/c1-18(33-19(2)31)16-29-17-20(15-27-29)25-22-14-21(34-35(6,7)26(3,4)5)11-12-23(22)30(28-25)24-10-8-9-13-32-24/h11-12,14-15,17-19,24,31H,8-10,13,16H2,1-7H3/t18-,19?,24?/m1/s1. The highest BCUT2D eigenvalue weighted by Gasteiger charge is 2.39. The maximum Gasteiger partial charge on any atom is 0.250 e. The zero-order chi connectivity index (χ0) is 25.4. The Bertz CT molecular complexity index is 1140. The Morgan fingerprint density at radius 3 is 2.66 bits per heavy atom. The average Bonchev–Trinajstić information content (AvgIpc) is 3.37. The molecule has 35 heavy (non-hydrogen) atoms. The fraction of sp³-hybridized carbons (Fsp3) is 0.615. The smallest absolute Gasteiger partial charge is 0.250 e. The van der Waals surface area contributed by atoms with Crippen molar-refractivity contribution in [2.24, 2.45) is 0 Å². The molecule has 0 radical (unpaired) electrons. The number of hydrogen-bond donors (Lipinski definition) is 1. The molecule has 1 aliphatic rings. The van der Waals surface area contributed by atoms with Crippen LogP contribution in [0.3, 0.4) is 0 Å². The molecule has 1 N–H and O–H groups in total. The summed E-state index contributed by atoms with van der Waals surface area (Å²) in [6, 6.07) is 6.29. The Morgan fingerprint density at radius 1 is 1.23 bits per heavy atom. The van der Waals surface area contributed by atoms with Gasteiger partial charge in [-0.3, -0.25) is 4.68 Å². The zero-order valence-electron chi connectivity index (χ0n) is 22.1. The van der Waals surface area contributed by atoms with Gasteiger partial charge in [0.1, 0.15) is 11.4 Å². The van der Waals surface area contributed by atoms with Crippen molar-refractivity contribution in [2.45, 2.75) is 97.2 Å².